The Labute approximate surface area is 142 Å². The molecule has 2 rings (SSSR count). The molecule has 122 valence electrons. The zero-order valence-corrected chi connectivity index (χ0v) is 13.8. The van der Waals surface area contributed by atoms with Crippen molar-refractivity contribution in [1.29, 1.82) is 0 Å². The van der Waals surface area contributed by atoms with Gasteiger partial charge >= 0.3 is 0 Å². The Morgan fingerprint density at radius 3 is 2.30 bits per heavy atom. The molecule has 0 spiro atoms. The number of halogens is 2. The molecule has 0 amide bonds. The highest BCUT2D eigenvalue weighted by atomic mass is 35.5. The summed E-state index contributed by atoms with van der Waals surface area (Å²) in [5.74, 6) is 0. The van der Waals surface area contributed by atoms with Gasteiger partial charge in [0.25, 0.3) is 5.69 Å². The summed E-state index contributed by atoms with van der Waals surface area (Å²) in [6.45, 7) is -0.0707. The van der Waals surface area contributed by atoms with Gasteiger partial charge in [0.2, 0.25) is 10.0 Å². The Morgan fingerprint density at radius 1 is 1.17 bits per heavy atom. The molecule has 0 bridgehead atoms. The number of nitro benzene ring substituents is 1. The number of nitrogen functional groups attached to an aromatic ring is 1. The summed E-state index contributed by atoms with van der Waals surface area (Å²) in [5, 5.41) is 10.7. The van der Waals surface area contributed by atoms with Crippen molar-refractivity contribution < 1.29 is 13.3 Å². The predicted molar refractivity (Wildman–Crippen MR) is 88.0 cm³/mol. The van der Waals surface area contributed by atoms with Crippen molar-refractivity contribution in [2.24, 2.45) is 0 Å². The lowest BCUT2D eigenvalue weighted by Gasteiger charge is -2.11. The van der Waals surface area contributed by atoms with Gasteiger partial charge in [-0.1, -0.05) is 35.3 Å². The molecular weight excluding hydrogens is 365 g/mol. The molecule has 0 aliphatic carbocycles. The van der Waals surface area contributed by atoms with Crippen LogP contribution in [0.5, 0.6) is 0 Å². The number of non-ortho nitro benzene ring substituents is 1. The van der Waals surface area contributed by atoms with Crippen LogP contribution >= 0.6 is 23.2 Å². The van der Waals surface area contributed by atoms with Gasteiger partial charge in [-0.05, 0) is 17.7 Å². The topological polar surface area (TPSA) is 115 Å². The lowest BCUT2D eigenvalue weighted by molar-refractivity contribution is -0.384. The summed E-state index contributed by atoms with van der Waals surface area (Å²) in [4.78, 5) is 9.77. The number of hydrogen-bond donors (Lipinski definition) is 2. The number of anilines is 1. The molecule has 10 heteroatoms. The Balaban J connectivity index is 2.21. The summed E-state index contributed by atoms with van der Waals surface area (Å²) in [6.07, 6.45) is 0. The number of sulfonamides is 1. The number of benzene rings is 2. The van der Waals surface area contributed by atoms with Crippen molar-refractivity contribution in [2.45, 2.75) is 11.4 Å². The highest BCUT2D eigenvalue weighted by Crippen LogP contribution is 2.31. The monoisotopic (exact) mass is 375 g/mol. The first-order valence-electron chi connectivity index (χ1n) is 6.18. The Hall–Kier alpha value is -1.87. The normalized spacial score (nSPS) is 11.4. The Kier molecular flexibility index (Phi) is 5.10. The van der Waals surface area contributed by atoms with E-state index in [1.54, 1.807) is 0 Å². The van der Waals surface area contributed by atoms with Crippen LogP contribution in [0.4, 0.5) is 11.4 Å². The minimum atomic E-state index is -3.96. The van der Waals surface area contributed by atoms with E-state index in [2.05, 4.69) is 4.72 Å². The van der Waals surface area contributed by atoms with Crippen LogP contribution in [-0.4, -0.2) is 13.3 Å². The van der Waals surface area contributed by atoms with Crippen molar-refractivity contribution in [3.05, 3.63) is 62.1 Å². The number of rotatable bonds is 5. The van der Waals surface area contributed by atoms with Gasteiger partial charge in [0.05, 0.1) is 15.6 Å². The molecule has 0 unspecified atom stereocenters. The van der Waals surface area contributed by atoms with Crippen LogP contribution in [0.3, 0.4) is 0 Å². The van der Waals surface area contributed by atoms with E-state index in [1.807, 2.05) is 0 Å². The number of nitro groups is 1. The number of nitrogens with one attached hydrogen (secondary N) is 1. The van der Waals surface area contributed by atoms with Crippen molar-refractivity contribution >= 4 is 44.6 Å². The molecule has 0 aliphatic heterocycles. The van der Waals surface area contributed by atoms with E-state index in [0.29, 0.717) is 5.56 Å². The maximum atomic E-state index is 12.3. The van der Waals surface area contributed by atoms with E-state index in [4.69, 9.17) is 28.9 Å². The molecule has 3 N–H and O–H groups in total. The van der Waals surface area contributed by atoms with E-state index in [9.17, 15) is 18.5 Å². The van der Waals surface area contributed by atoms with Crippen LogP contribution in [0.25, 0.3) is 0 Å². The molecule has 2 aromatic carbocycles. The zero-order valence-electron chi connectivity index (χ0n) is 11.5. The molecular formula is C13H11Cl2N3O4S. The lowest BCUT2D eigenvalue weighted by atomic mass is 10.2. The average Bonchev–Trinajstić information content (AvgIpc) is 2.44. The summed E-state index contributed by atoms with van der Waals surface area (Å²) in [7, 11) is -3.96. The summed E-state index contributed by atoms with van der Waals surface area (Å²) >= 11 is 11.6. The second-order valence-electron chi connectivity index (χ2n) is 4.55. The third kappa shape index (κ3) is 4.11. The maximum absolute atomic E-state index is 12.3. The van der Waals surface area contributed by atoms with E-state index < -0.39 is 14.9 Å². The van der Waals surface area contributed by atoms with Crippen LogP contribution in [0, 0.1) is 10.1 Å². The van der Waals surface area contributed by atoms with E-state index in [0.717, 1.165) is 0 Å². The summed E-state index contributed by atoms with van der Waals surface area (Å²) in [5.41, 5.74) is 6.06. The minimum Gasteiger partial charge on any atom is -0.398 e. The van der Waals surface area contributed by atoms with Gasteiger partial charge in [0, 0.05) is 23.7 Å². The lowest BCUT2D eigenvalue weighted by Crippen LogP contribution is -2.24. The molecule has 0 saturated carbocycles. The first kappa shape index (κ1) is 17.5. The van der Waals surface area contributed by atoms with Crippen LogP contribution in [-0.2, 0) is 16.6 Å². The number of hydrogen-bond acceptors (Lipinski definition) is 5. The summed E-state index contributed by atoms with van der Waals surface area (Å²) < 4.78 is 26.9. The van der Waals surface area contributed by atoms with Gasteiger partial charge in [-0.15, -0.1) is 0 Å². The van der Waals surface area contributed by atoms with Gasteiger partial charge in [-0.3, -0.25) is 10.1 Å². The average molecular weight is 376 g/mol. The van der Waals surface area contributed by atoms with Crippen molar-refractivity contribution in [1.82, 2.24) is 4.72 Å². The van der Waals surface area contributed by atoms with Crippen molar-refractivity contribution in [2.75, 3.05) is 5.73 Å². The molecule has 0 aromatic heterocycles. The molecule has 2 aromatic rings. The molecule has 7 nitrogen and oxygen atoms in total. The van der Waals surface area contributed by atoms with Crippen LogP contribution < -0.4 is 10.5 Å². The number of nitrogens with zero attached hydrogens (tertiary/aromatic N) is 1. The van der Waals surface area contributed by atoms with E-state index >= 15 is 0 Å². The van der Waals surface area contributed by atoms with Crippen LogP contribution in [0.2, 0.25) is 10.0 Å². The second-order valence-corrected chi connectivity index (χ2v) is 7.10. The predicted octanol–water partition coefficient (Wildman–Crippen LogP) is 2.96. The van der Waals surface area contributed by atoms with E-state index in [1.165, 1.54) is 36.4 Å². The molecule has 0 atom stereocenters. The smallest absolute Gasteiger partial charge is 0.269 e. The molecule has 0 aliphatic rings. The van der Waals surface area contributed by atoms with Gasteiger partial charge < -0.3 is 5.73 Å². The maximum Gasteiger partial charge on any atom is 0.269 e. The third-order valence-corrected chi connectivity index (χ3v) is 5.07. The second kappa shape index (κ2) is 6.71. The fourth-order valence-electron chi connectivity index (χ4n) is 1.85. The molecule has 0 radical (unpaired) electrons. The largest absolute Gasteiger partial charge is 0.398 e. The fourth-order valence-corrected chi connectivity index (χ4v) is 3.85. The molecule has 0 fully saturated rings. The first-order chi connectivity index (χ1) is 10.7. The molecule has 0 heterocycles. The minimum absolute atomic E-state index is 0.0706. The van der Waals surface area contributed by atoms with Gasteiger partial charge in [0.15, 0.2) is 0 Å². The van der Waals surface area contributed by atoms with E-state index in [-0.39, 0.29) is 32.9 Å². The van der Waals surface area contributed by atoms with Crippen molar-refractivity contribution in [3.8, 4) is 0 Å². The van der Waals surface area contributed by atoms with Gasteiger partial charge in [-0.2, -0.15) is 0 Å². The molecule has 23 heavy (non-hydrogen) atoms. The zero-order chi connectivity index (χ0) is 17.2. The Bertz CT molecular complexity index is 831. The highest BCUT2D eigenvalue weighted by molar-refractivity contribution is 7.89. The fraction of sp³-hybridized carbons (Fsp3) is 0.0769. The van der Waals surface area contributed by atoms with Crippen molar-refractivity contribution in [3.63, 3.8) is 0 Å². The standard InChI is InChI=1S/C13H11Cl2N3O4S/c14-9-5-11(15)13(12(16)6-9)23(21,22)17-7-8-1-3-10(4-2-8)18(19)20/h1-6,17H,7,16H2. The van der Waals surface area contributed by atoms with Gasteiger partial charge in [-0.25, -0.2) is 13.1 Å². The quantitative estimate of drug-likeness (QED) is 0.473. The summed E-state index contributed by atoms with van der Waals surface area (Å²) in [6, 6.07) is 8.04. The number of nitrogens with two attached hydrogens (primary N) is 1. The van der Waals surface area contributed by atoms with Gasteiger partial charge in [0.1, 0.15) is 4.90 Å². The first-order valence-corrected chi connectivity index (χ1v) is 8.42. The third-order valence-electron chi connectivity index (χ3n) is 2.92. The molecule has 0 saturated heterocycles. The highest BCUT2D eigenvalue weighted by Gasteiger charge is 2.21. The van der Waals surface area contributed by atoms with Crippen LogP contribution in [0.1, 0.15) is 5.56 Å². The van der Waals surface area contributed by atoms with Crippen LogP contribution in [0.15, 0.2) is 41.3 Å². The Morgan fingerprint density at radius 2 is 1.78 bits per heavy atom. The SMILES string of the molecule is Nc1cc(Cl)cc(Cl)c1S(=O)(=O)NCc1ccc([N+](=O)[O-])cc1.